The first kappa shape index (κ1) is 16.0. The van der Waals surface area contributed by atoms with E-state index in [4.69, 9.17) is 5.73 Å². The van der Waals surface area contributed by atoms with Crippen LogP contribution in [0.5, 0.6) is 0 Å². The highest BCUT2D eigenvalue weighted by atomic mass is 16.2. The lowest BCUT2D eigenvalue weighted by molar-refractivity contribution is -0.133. The molecular weight excluding hydrogens is 260 g/mol. The second-order valence-corrected chi connectivity index (χ2v) is 7.05. The van der Waals surface area contributed by atoms with E-state index in [0.717, 1.165) is 24.9 Å². The first-order chi connectivity index (χ1) is 9.84. The molecule has 3 nitrogen and oxygen atoms in total. The number of benzene rings is 1. The average Bonchev–Trinajstić information content (AvgIpc) is 2.56. The van der Waals surface area contributed by atoms with Gasteiger partial charge in [0.1, 0.15) is 0 Å². The second-order valence-electron chi connectivity index (χ2n) is 7.05. The SMILES string of the molecule is CCN1C(=O)CCCC(N)C1c1ccc(C(C)(C)C)cc1. The number of hydrogen-bond acceptors (Lipinski definition) is 2. The smallest absolute Gasteiger partial charge is 0.223 e. The molecule has 1 aliphatic heterocycles. The van der Waals surface area contributed by atoms with Crippen LogP contribution in [0.3, 0.4) is 0 Å². The average molecular weight is 288 g/mol. The molecule has 2 atom stereocenters. The molecule has 1 saturated heterocycles. The Kier molecular flexibility index (Phi) is 4.72. The van der Waals surface area contributed by atoms with Crippen LogP contribution in [0.2, 0.25) is 0 Å². The van der Waals surface area contributed by atoms with Gasteiger partial charge >= 0.3 is 0 Å². The molecule has 1 aromatic carbocycles. The Morgan fingerprint density at radius 3 is 2.38 bits per heavy atom. The van der Waals surface area contributed by atoms with Gasteiger partial charge in [-0.05, 0) is 36.3 Å². The Balaban J connectivity index is 2.34. The van der Waals surface area contributed by atoms with Gasteiger partial charge in [-0.1, -0.05) is 45.0 Å². The third-order valence-corrected chi connectivity index (χ3v) is 4.45. The van der Waals surface area contributed by atoms with Crippen LogP contribution in [0.4, 0.5) is 0 Å². The van der Waals surface area contributed by atoms with Crippen molar-refractivity contribution in [2.75, 3.05) is 6.54 Å². The van der Waals surface area contributed by atoms with Crippen LogP contribution in [0.25, 0.3) is 0 Å². The lowest BCUT2D eigenvalue weighted by atomic mass is 9.85. The predicted octanol–water partition coefficient (Wildman–Crippen LogP) is 3.38. The molecule has 0 saturated carbocycles. The molecule has 0 aliphatic carbocycles. The topological polar surface area (TPSA) is 46.3 Å². The summed E-state index contributed by atoms with van der Waals surface area (Å²) in [5.41, 5.74) is 8.98. The molecular formula is C18H28N2O. The molecule has 2 rings (SSSR count). The third kappa shape index (κ3) is 3.46. The minimum Gasteiger partial charge on any atom is -0.334 e. The maximum atomic E-state index is 12.3. The van der Waals surface area contributed by atoms with Crippen LogP contribution in [-0.2, 0) is 10.2 Å². The lowest BCUT2D eigenvalue weighted by Crippen LogP contribution is -2.42. The first-order valence-electron chi connectivity index (χ1n) is 8.00. The van der Waals surface area contributed by atoms with E-state index >= 15 is 0 Å². The summed E-state index contributed by atoms with van der Waals surface area (Å²) in [4.78, 5) is 14.2. The van der Waals surface area contributed by atoms with Gasteiger partial charge in [0.25, 0.3) is 0 Å². The molecule has 0 spiro atoms. The fourth-order valence-electron chi connectivity index (χ4n) is 3.16. The monoisotopic (exact) mass is 288 g/mol. The highest BCUT2D eigenvalue weighted by Gasteiger charge is 2.31. The molecule has 0 radical (unpaired) electrons. The molecule has 1 heterocycles. The number of rotatable bonds is 2. The van der Waals surface area contributed by atoms with Crippen molar-refractivity contribution in [3.8, 4) is 0 Å². The summed E-state index contributed by atoms with van der Waals surface area (Å²) in [6.45, 7) is 9.38. The number of amides is 1. The Bertz CT molecular complexity index is 487. The number of likely N-dealkylation sites (tertiary alicyclic amines) is 1. The van der Waals surface area contributed by atoms with E-state index in [-0.39, 0.29) is 23.4 Å². The third-order valence-electron chi connectivity index (χ3n) is 4.45. The molecule has 2 N–H and O–H groups in total. The van der Waals surface area contributed by atoms with Crippen molar-refractivity contribution in [2.24, 2.45) is 5.73 Å². The van der Waals surface area contributed by atoms with Crippen LogP contribution >= 0.6 is 0 Å². The zero-order valence-electron chi connectivity index (χ0n) is 13.7. The van der Waals surface area contributed by atoms with E-state index < -0.39 is 0 Å². The van der Waals surface area contributed by atoms with Gasteiger partial charge in [0, 0.05) is 19.0 Å². The molecule has 1 fully saturated rings. The quantitative estimate of drug-likeness (QED) is 0.906. The number of nitrogens with two attached hydrogens (primary N) is 1. The van der Waals surface area contributed by atoms with Crippen molar-refractivity contribution in [1.82, 2.24) is 4.90 Å². The predicted molar refractivity (Wildman–Crippen MR) is 87.1 cm³/mol. The van der Waals surface area contributed by atoms with Crippen molar-refractivity contribution in [1.29, 1.82) is 0 Å². The van der Waals surface area contributed by atoms with Crippen LogP contribution in [0.15, 0.2) is 24.3 Å². The number of carbonyl (C=O) groups is 1. The van der Waals surface area contributed by atoms with Crippen LogP contribution in [0.1, 0.15) is 64.1 Å². The van der Waals surface area contributed by atoms with Crippen molar-refractivity contribution in [2.45, 2.75) is 64.5 Å². The second kappa shape index (κ2) is 6.18. The van der Waals surface area contributed by atoms with E-state index in [0.29, 0.717) is 6.42 Å². The summed E-state index contributed by atoms with van der Waals surface area (Å²) in [6, 6.07) is 8.67. The summed E-state index contributed by atoms with van der Waals surface area (Å²) in [7, 11) is 0. The maximum absolute atomic E-state index is 12.3. The molecule has 0 aromatic heterocycles. The highest BCUT2D eigenvalue weighted by Crippen LogP contribution is 2.31. The van der Waals surface area contributed by atoms with E-state index in [9.17, 15) is 4.79 Å². The Hall–Kier alpha value is -1.35. The van der Waals surface area contributed by atoms with Gasteiger partial charge < -0.3 is 10.6 Å². The number of nitrogens with zero attached hydrogens (tertiary/aromatic N) is 1. The fourth-order valence-corrected chi connectivity index (χ4v) is 3.16. The summed E-state index contributed by atoms with van der Waals surface area (Å²) in [5.74, 6) is 0.232. The number of carbonyl (C=O) groups excluding carboxylic acids is 1. The van der Waals surface area contributed by atoms with Gasteiger partial charge in [-0.3, -0.25) is 4.79 Å². The van der Waals surface area contributed by atoms with Gasteiger partial charge in [0.05, 0.1) is 6.04 Å². The summed E-state index contributed by atoms with van der Waals surface area (Å²) in [5, 5.41) is 0. The summed E-state index contributed by atoms with van der Waals surface area (Å²) in [6.07, 6.45) is 2.43. The number of likely N-dealkylation sites (N-methyl/N-ethyl adjacent to an activating group) is 1. The van der Waals surface area contributed by atoms with Gasteiger partial charge in [-0.25, -0.2) is 0 Å². The molecule has 0 bridgehead atoms. The fraction of sp³-hybridized carbons (Fsp3) is 0.611. The zero-order valence-corrected chi connectivity index (χ0v) is 13.7. The number of hydrogen-bond donors (Lipinski definition) is 1. The molecule has 21 heavy (non-hydrogen) atoms. The molecule has 1 aromatic rings. The van der Waals surface area contributed by atoms with Crippen molar-refractivity contribution in [3.63, 3.8) is 0 Å². The van der Waals surface area contributed by atoms with E-state index in [1.54, 1.807) is 0 Å². The van der Waals surface area contributed by atoms with Gasteiger partial charge in [0.2, 0.25) is 5.91 Å². The van der Waals surface area contributed by atoms with Crippen LogP contribution in [0, 0.1) is 0 Å². The summed E-state index contributed by atoms with van der Waals surface area (Å²) < 4.78 is 0. The molecule has 3 heteroatoms. The summed E-state index contributed by atoms with van der Waals surface area (Å²) >= 11 is 0. The molecule has 1 amide bonds. The lowest BCUT2D eigenvalue weighted by Gasteiger charge is -2.33. The molecule has 116 valence electrons. The Labute approximate surface area is 128 Å². The van der Waals surface area contributed by atoms with Crippen molar-refractivity contribution in [3.05, 3.63) is 35.4 Å². The molecule has 1 aliphatic rings. The minimum atomic E-state index is 0.0130. The zero-order chi connectivity index (χ0) is 15.6. The van der Waals surface area contributed by atoms with Crippen LogP contribution in [-0.4, -0.2) is 23.4 Å². The maximum Gasteiger partial charge on any atom is 0.223 e. The van der Waals surface area contributed by atoms with Crippen molar-refractivity contribution < 1.29 is 4.79 Å². The van der Waals surface area contributed by atoms with Crippen LogP contribution < -0.4 is 5.73 Å². The Morgan fingerprint density at radius 2 is 1.86 bits per heavy atom. The van der Waals surface area contributed by atoms with E-state index in [1.807, 2.05) is 11.8 Å². The highest BCUT2D eigenvalue weighted by molar-refractivity contribution is 5.77. The standard InChI is InChI=1S/C18H28N2O/c1-5-20-16(21)8-6-7-15(19)17(20)13-9-11-14(12-10-13)18(2,3)4/h9-12,15,17H,5-8,19H2,1-4H3. The van der Waals surface area contributed by atoms with Gasteiger partial charge in [-0.15, -0.1) is 0 Å². The van der Waals surface area contributed by atoms with Crippen molar-refractivity contribution >= 4 is 5.91 Å². The van der Waals surface area contributed by atoms with Gasteiger partial charge in [-0.2, -0.15) is 0 Å². The van der Waals surface area contributed by atoms with E-state index in [1.165, 1.54) is 5.56 Å². The normalized spacial score (nSPS) is 24.0. The molecule has 2 unspecified atom stereocenters. The minimum absolute atomic E-state index is 0.0130. The first-order valence-corrected chi connectivity index (χ1v) is 8.00. The van der Waals surface area contributed by atoms with Gasteiger partial charge in [0.15, 0.2) is 0 Å². The largest absolute Gasteiger partial charge is 0.334 e. The Morgan fingerprint density at radius 1 is 1.24 bits per heavy atom. The van der Waals surface area contributed by atoms with E-state index in [2.05, 4.69) is 45.0 Å².